The summed E-state index contributed by atoms with van der Waals surface area (Å²) in [5.74, 6) is 0.886. The molecule has 2 rings (SSSR count). The third-order valence-corrected chi connectivity index (χ3v) is 4.81. The number of aliphatic imine (C=N–C) groups is 1. The zero-order chi connectivity index (χ0) is 18.1. The highest BCUT2D eigenvalue weighted by atomic mass is 127. The Morgan fingerprint density at radius 2 is 2.12 bits per heavy atom. The molecule has 9 heteroatoms. The van der Waals surface area contributed by atoms with Crippen molar-refractivity contribution in [3.8, 4) is 0 Å². The zero-order valence-electron chi connectivity index (χ0n) is 15.5. The fourth-order valence-corrected chi connectivity index (χ4v) is 3.37. The molecular weight excluding hydrogens is 455 g/mol. The van der Waals surface area contributed by atoms with E-state index in [4.69, 9.17) is 4.74 Å². The van der Waals surface area contributed by atoms with Crippen LogP contribution in [0.3, 0.4) is 0 Å². The van der Waals surface area contributed by atoms with Gasteiger partial charge in [-0.25, -0.2) is 9.98 Å². The van der Waals surface area contributed by atoms with E-state index in [1.54, 1.807) is 7.11 Å². The van der Waals surface area contributed by atoms with Crippen LogP contribution in [-0.2, 0) is 11.3 Å². The van der Waals surface area contributed by atoms with Crippen LogP contribution in [0.1, 0.15) is 51.4 Å². The van der Waals surface area contributed by atoms with Crippen LogP contribution in [0.5, 0.6) is 0 Å². The third kappa shape index (κ3) is 6.64. The smallest absolute Gasteiger partial charge is 0.319 e. The van der Waals surface area contributed by atoms with Gasteiger partial charge in [0.2, 0.25) is 0 Å². The van der Waals surface area contributed by atoms with Crippen molar-refractivity contribution in [1.82, 2.24) is 20.2 Å². The van der Waals surface area contributed by atoms with Gasteiger partial charge in [-0.05, 0) is 31.6 Å². The molecule has 2 N–H and O–H groups in total. The number of alkyl halides is 2. The van der Waals surface area contributed by atoms with E-state index >= 15 is 0 Å². The molecule has 1 aliphatic carbocycles. The van der Waals surface area contributed by atoms with E-state index in [1.807, 2.05) is 6.92 Å². The molecule has 0 aliphatic heterocycles. The van der Waals surface area contributed by atoms with Crippen LogP contribution in [0.15, 0.2) is 17.4 Å². The molecule has 1 fully saturated rings. The lowest BCUT2D eigenvalue weighted by Gasteiger charge is -2.30. The number of nitrogens with zero attached hydrogens (tertiary/aromatic N) is 3. The molecule has 0 aromatic carbocycles. The normalized spacial score (nSPS) is 16.6. The first-order valence-electron chi connectivity index (χ1n) is 8.91. The summed E-state index contributed by atoms with van der Waals surface area (Å²) < 4.78 is 31.9. The number of guanidine groups is 1. The van der Waals surface area contributed by atoms with E-state index < -0.39 is 6.55 Å². The number of rotatable bonds is 9. The van der Waals surface area contributed by atoms with Gasteiger partial charge in [-0.2, -0.15) is 8.78 Å². The molecule has 1 heterocycles. The van der Waals surface area contributed by atoms with Crippen molar-refractivity contribution in [1.29, 1.82) is 0 Å². The molecule has 0 saturated heterocycles. The molecule has 1 saturated carbocycles. The van der Waals surface area contributed by atoms with Crippen LogP contribution in [0.2, 0.25) is 0 Å². The van der Waals surface area contributed by atoms with Gasteiger partial charge in [0, 0.05) is 39.2 Å². The summed E-state index contributed by atoms with van der Waals surface area (Å²) in [6.45, 7) is 1.76. The van der Waals surface area contributed by atoms with Gasteiger partial charge in [-0.1, -0.05) is 12.8 Å². The molecule has 0 amide bonds. The number of nitrogens with one attached hydrogen (secondary N) is 2. The van der Waals surface area contributed by atoms with Gasteiger partial charge < -0.3 is 15.4 Å². The van der Waals surface area contributed by atoms with Crippen LogP contribution in [0.4, 0.5) is 8.78 Å². The minimum Gasteiger partial charge on any atom is -0.385 e. The molecule has 6 nitrogen and oxygen atoms in total. The molecule has 1 aliphatic rings. The van der Waals surface area contributed by atoms with Gasteiger partial charge >= 0.3 is 6.55 Å². The fourth-order valence-electron chi connectivity index (χ4n) is 3.37. The zero-order valence-corrected chi connectivity index (χ0v) is 17.8. The summed E-state index contributed by atoms with van der Waals surface area (Å²) in [5, 5.41) is 6.56. The highest BCUT2D eigenvalue weighted by Gasteiger charge is 2.33. The molecule has 1 aromatic rings. The SMILES string of the molecule is CCNC(=NCc1nccn1C(F)F)NCC1(CCOC)CCCC1.I. The first kappa shape index (κ1) is 23.1. The van der Waals surface area contributed by atoms with Gasteiger partial charge in [-0.15, -0.1) is 24.0 Å². The number of ether oxygens (including phenoxy) is 1. The largest absolute Gasteiger partial charge is 0.385 e. The molecule has 0 atom stereocenters. The van der Waals surface area contributed by atoms with Crippen molar-refractivity contribution in [2.45, 2.75) is 52.1 Å². The Kier molecular flexibility index (Phi) is 10.4. The third-order valence-electron chi connectivity index (χ3n) is 4.81. The van der Waals surface area contributed by atoms with Crippen LogP contribution in [0, 0.1) is 5.41 Å². The van der Waals surface area contributed by atoms with Crippen LogP contribution in [0.25, 0.3) is 0 Å². The second-order valence-electron chi connectivity index (χ2n) is 6.53. The number of hydrogen-bond donors (Lipinski definition) is 2. The number of imidazole rings is 1. The van der Waals surface area contributed by atoms with Crippen molar-refractivity contribution in [2.75, 3.05) is 26.8 Å². The molecule has 0 spiro atoms. The molecule has 150 valence electrons. The van der Waals surface area contributed by atoms with E-state index in [-0.39, 0.29) is 41.8 Å². The summed E-state index contributed by atoms with van der Waals surface area (Å²) in [6.07, 6.45) is 8.50. The maximum atomic E-state index is 12.9. The average molecular weight is 485 g/mol. The fraction of sp³-hybridized carbons (Fsp3) is 0.765. The monoisotopic (exact) mass is 485 g/mol. The van der Waals surface area contributed by atoms with E-state index in [0.29, 0.717) is 12.5 Å². The number of halogens is 3. The number of aromatic nitrogens is 2. The highest BCUT2D eigenvalue weighted by Crippen LogP contribution is 2.40. The lowest BCUT2D eigenvalue weighted by molar-refractivity contribution is 0.0671. The topological polar surface area (TPSA) is 63.5 Å². The first-order chi connectivity index (χ1) is 12.1. The van der Waals surface area contributed by atoms with E-state index in [9.17, 15) is 8.78 Å². The standard InChI is InChI=1S/C17H29F2N5O.HI/c1-3-20-16(22-12-14-21-9-10-24(14)15(18)19)23-13-17(8-11-25-2)6-4-5-7-17;/h9-10,15H,3-8,11-13H2,1-2H3,(H2,20,22,23);1H. The van der Waals surface area contributed by atoms with E-state index in [2.05, 4.69) is 20.6 Å². The molecule has 0 unspecified atom stereocenters. The van der Waals surface area contributed by atoms with Crippen LogP contribution in [-0.4, -0.2) is 42.3 Å². The quantitative estimate of drug-likeness (QED) is 0.319. The highest BCUT2D eigenvalue weighted by molar-refractivity contribution is 14.0. The molecule has 26 heavy (non-hydrogen) atoms. The van der Waals surface area contributed by atoms with Crippen LogP contribution >= 0.6 is 24.0 Å². The summed E-state index contributed by atoms with van der Waals surface area (Å²) >= 11 is 0. The van der Waals surface area contributed by atoms with Gasteiger partial charge in [0.15, 0.2) is 5.96 Å². The number of hydrogen-bond acceptors (Lipinski definition) is 3. The Labute approximate surface area is 171 Å². The second kappa shape index (κ2) is 11.7. The summed E-state index contributed by atoms with van der Waals surface area (Å²) in [7, 11) is 1.73. The Morgan fingerprint density at radius 1 is 1.38 bits per heavy atom. The Morgan fingerprint density at radius 3 is 2.73 bits per heavy atom. The van der Waals surface area contributed by atoms with Crippen molar-refractivity contribution in [2.24, 2.45) is 10.4 Å². The maximum absolute atomic E-state index is 12.9. The van der Waals surface area contributed by atoms with Gasteiger partial charge in [-0.3, -0.25) is 4.57 Å². The molecule has 1 aromatic heterocycles. The van der Waals surface area contributed by atoms with Gasteiger partial charge in [0.25, 0.3) is 0 Å². The Balaban J connectivity index is 0.00000338. The lowest BCUT2D eigenvalue weighted by Crippen LogP contribution is -2.43. The minimum atomic E-state index is -2.60. The van der Waals surface area contributed by atoms with Crippen molar-refractivity contribution < 1.29 is 13.5 Å². The van der Waals surface area contributed by atoms with E-state index in [1.165, 1.54) is 38.1 Å². The summed E-state index contributed by atoms with van der Waals surface area (Å²) in [5.41, 5.74) is 0.230. The summed E-state index contributed by atoms with van der Waals surface area (Å²) in [6, 6.07) is 0. The van der Waals surface area contributed by atoms with Gasteiger partial charge in [0.1, 0.15) is 12.4 Å². The van der Waals surface area contributed by atoms with Crippen molar-refractivity contribution >= 4 is 29.9 Å². The van der Waals surface area contributed by atoms with E-state index in [0.717, 1.165) is 24.1 Å². The lowest BCUT2D eigenvalue weighted by atomic mass is 9.83. The predicted molar refractivity (Wildman–Crippen MR) is 109 cm³/mol. The number of methoxy groups -OCH3 is 1. The molecular formula is C17H30F2IN5O. The Bertz CT molecular complexity index is 547. The van der Waals surface area contributed by atoms with Gasteiger partial charge in [0.05, 0.1) is 0 Å². The average Bonchev–Trinajstić information content (AvgIpc) is 3.25. The Hall–Kier alpha value is -0.970. The van der Waals surface area contributed by atoms with Crippen LogP contribution < -0.4 is 10.6 Å². The maximum Gasteiger partial charge on any atom is 0.319 e. The summed E-state index contributed by atoms with van der Waals surface area (Å²) in [4.78, 5) is 8.38. The molecule has 0 bridgehead atoms. The first-order valence-corrected chi connectivity index (χ1v) is 8.91. The molecule has 0 radical (unpaired) electrons. The minimum absolute atomic E-state index is 0. The predicted octanol–water partition coefficient (Wildman–Crippen LogP) is 3.55. The van der Waals surface area contributed by atoms with Crippen molar-refractivity contribution in [3.05, 3.63) is 18.2 Å². The second-order valence-corrected chi connectivity index (χ2v) is 6.53. The van der Waals surface area contributed by atoms with Crippen molar-refractivity contribution in [3.63, 3.8) is 0 Å².